The van der Waals surface area contributed by atoms with Gasteiger partial charge in [-0.25, -0.2) is 4.79 Å². The highest BCUT2D eigenvalue weighted by atomic mass is 16.5. The Labute approximate surface area is 148 Å². The molecule has 7 nitrogen and oxygen atoms in total. The van der Waals surface area contributed by atoms with Gasteiger partial charge < -0.3 is 18.9 Å². The number of anilines is 1. The number of aromatic nitrogens is 1. The van der Waals surface area contributed by atoms with Crippen molar-refractivity contribution in [1.29, 1.82) is 0 Å². The first kappa shape index (κ1) is 16.8. The van der Waals surface area contributed by atoms with Gasteiger partial charge in [0.25, 0.3) is 0 Å². The fraction of sp³-hybridized carbons (Fsp3) is 0.778. The lowest BCUT2D eigenvalue weighted by atomic mass is 9.86. The lowest BCUT2D eigenvalue weighted by Crippen LogP contribution is -2.51. The standard InChI is InChI=1S/C18H27N3O4/c1-18(6-2-3-7-18)15-11-16(20-25-15)19-17(22)21-8-10-24-14(12-21)13-5-4-9-23-13/h11,13-14H,2-10,12H2,1H3,(H,19,20,22). The summed E-state index contributed by atoms with van der Waals surface area (Å²) in [4.78, 5) is 14.4. The lowest BCUT2D eigenvalue weighted by molar-refractivity contribution is -0.0839. The number of amides is 2. The summed E-state index contributed by atoms with van der Waals surface area (Å²) in [5.74, 6) is 1.37. The van der Waals surface area contributed by atoms with Gasteiger partial charge in [0.05, 0.1) is 19.3 Å². The van der Waals surface area contributed by atoms with Crippen molar-refractivity contribution in [3.8, 4) is 0 Å². The van der Waals surface area contributed by atoms with E-state index >= 15 is 0 Å². The first-order valence-corrected chi connectivity index (χ1v) is 9.40. The molecule has 2 atom stereocenters. The van der Waals surface area contributed by atoms with Gasteiger partial charge >= 0.3 is 6.03 Å². The molecule has 1 aliphatic carbocycles. The molecule has 3 heterocycles. The number of morpholine rings is 1. The van der Waals surface area contributed by atoms with E-state index in [2.05, 4.69) is 17.4 Å². The van der Waals surface area contributed by atoms with Crippen LogP contribution in [0, 0.1) is 0 Å². The predicted molar refractivity (Wildman–Crippen MR) is 91.6 cm³/mol. The molecule has 1 saturated carbocycles. The summed E-state index contributed by atoms with van der Waals surface area (Å²) in [5, 5.41) is 6.92. The minimum Gasteiger partial charge on any atom is -0.375 e. The maximum absolute atomic E-state index is 12.6. The first-order valence-electron chi connectivity index (χ1n) is 9.40. The van der Waals surface area contributed by atoms with Gasteiger partial charge in [0.15, 0.2) is 5.82 Å². The number of nitrogens with one attached hydrogen (secondary N) is 1. The van der Waals surface area contributed by atoms with Crippen LogP contribution in [0.3, 0.4) is 0 Å². The second-order valence-electron chi connectivity index (χ2n) is 7.68. The van der Waals surface area contributed by atoms with Crippen LogP contribution >= 0.6 is 0 Å². The Kier molecular flexibility index (Phi) is 4.69. The molecule has 0 aromatic carbocycles. The van der Waals surface area contributed by atoms with Crippen LogP contribution in [0.4, 0.5) is 10.6 Å². The summed E-state index contributed by atoms with van der Waals surface area (Å²) in [6.07, 6.45) is 6.81. The zero-order chi connectivity index (χ0) is 17.3. The molecular formula is C18H27N3O4. The first-order chi connectivity index (χ1) is 12.1. The second kappa shape index (κ2) is 6.96. The Morgan fingerprint density at radius 1 is 1.24 bits per heavy atom. The Morgan fingerprint density at radius 3 is 2.80 bits per heavy atom. The maximum Gasteiger partial charge on any atom is 0.323 e. The van der Waals surface area contributed by atoms with Gasteiger partial charge in [-0.15, -0.1) is 0 Å². The van der Waals surface area contributed by atoms with Gasteiger partial charge in [-0.1, -0.05) is 24.9 Å². The van der Waals surface area contributed by atoms with Gasteiger partial charge in [-0.3, -0.25) is 5.32 Å². The molecule has 138 valence electrons. The van der Waals surface area contributed by atoms with Crippen LogP contribution < -0.4 is 5.32 Å². The highest BCUT2D eigenvalue weighted by Gasteiger charge is 2.35. The molecule has 7 heteroatoms. The quantitative estimate of drug-likeness (QED) is 0.908. The fourth-order valence-electron chi connectivity index (χ4n) is 4.19. The van der Waals surface area contributed by atoms with Crippen LogP contribution in [0.1, 0.15) is 51.2 Å². The van der Waals surface area contributed by atoms with Crippen molar-refractivity contribution in [3.05, 3.63) is 11.8 Å². The van der Waals surface area contributed by atoms with Crippen LogP contribution in [-0.2, 0) is 14.9 Å². The number of urea groups is 1. The third-order valence-corrected chi connectivity index (χ3v) is 5.81. The monoisotopic (exact) mass is 349 g/mol. The number of hydrogen-bond acceptors (Lipinski definition) is 5. The smallest absolute Gasteiger partial charge is 0.323 e. The molecule has 0 radical (unpaired) electrons. The Bertz CT molecular complexity index is 605. The zero-order valence-electron chi connectivity index (χ0n) is 14.8. The number of carbonyl (C=O) groups is 1. The molecule has 2 saturated heterocycles. The van der Waals surface area contributed by atoms with Crippen molar-refractivity contribution >= 4 is 11.8 Å². The number of carbonyl (C=O) groups excluding carboxylic acids is 1. The molecule has 1 N–H and O–H groups in total. The Morgan fingerprint density at radius 2 is 2.04 bits per heavy atom. The Balaban J connectivity index is 1.36. The number of nitrogens with zero attached hydrogens (tertiary/aromatic N) is 2. The molecule has 2 amide bonds. The van der Waals surface area contributed by atoms with Crippen LogP contribution in [0.5, 0.6) is 0 Å². The SMILES string of the molecule is CC1(c2cc(NC(=O)N3CCOC(C4CCCO4)C3)no2)CCCC1. The fourth-order valence-corrected chi connectivity index (χ4v) is 4.19. The highest BCUT2D eigenvalue weighted by molar-refractivity contribution is 5.88. The molecule has 2 unspecified atom stereocenters. The van der Waals surface area contributed by atoms with Crippen molar-refractivity contribution < 1.29 is 18.8 Å². The van der Waals surface area contributed by atoms with Gasteiger partial charge in [-0.05, 0) is 25.7 Å². The van der Waals surface area contributed by atoms with Crippen molar-refractivity contribution in [3.63, 3.8) is 0 Å². The van der Waals surface area contributed by atoms with E-state index in [1.807, 2.05) is 6.07 Å². The van der Waals surface area contributed by atoms with Crippen LogP contribution in [0.15, 0.2) is 10.6 Å². The molecule has 4 rings (SSSR count). The molecule has 0 bridgehead atoms. The third kappa shape index (κ3) is 3.53. The van der Waals surface area contributed by atoms with Crippen LogP contribution in [0.2, 0.25) is 0 Å². The topological polar surface area (TPSA) is 76.8 Å². The third-order valence-electron chi connectivity index (χ3n) is 5.81. The van der Waals surface area contributed by atoms with E-state index in [0.29, 0.717) is 25.5 Å². The summed E-state index contributed by atoms with van der Waals surface area (Å²) in [6.45, 7) is 4.67. The van der Waals surface area contributed by atoms with Crippen molar-refractivity contribution in [2.45, 2.75) is 63.1 Å². The van der Waals surface area contributed by atoms with Crippen LogP contribution in [-0.4, -0.2) is 54.6 Å². The van der Waals surface area contributed by atoms with Crippen molar-refractivity contribution in [2.75, 3.05) is 31.6 Å². The minimum absolute atomic E-state index is 0.0349. The molecule has 1 aromatic rings. The van der Waals surface area contributed by atoms with Gasteiger partial charge in [0, 0.05) is 24.6 Å². The molecule has 2 aliphatic heterocycles. The summed E-state index contributed by atoms with van der Waals surface area (Å²) >= 11 is 0. The molecule has 0 spiro atoms. The zero-order valence-corrected chi connectivity index (χ0v) is 14.8. The summed E-state index contributed by atoms with van der Waals surface area (Å²) in [5.41, 5.74) is 0.0554. The lowest BCUT2D eigenvalue weighted by Gasteiger charge is -2.35. The maximum atomic E-state index is 12.6. The number of rotatable bonds is 3. The normalized spacial score (nSPS) is 29.1. The highest BCUT2D eigenvalue weighted by Crippen LogP contribution is 2.41. The molecule has 3 fully saturated rings. The van der Waals surface area contributed by atoms with E-state index in [4.69, 9.17) is 14.0 Å². The average Bonchev–Trinajstić information content (AvgIpc) is 3.37. The minimum atomic E-state index is -0.150. The summed E-state index contributed by atoms with van der Waals surface area (Å²) in [6, 6.07) is 1.73. The van der Waals surface area contributed by atoms with E-state index in [9.17, 15) is 4.79 Å². The van der Waals surface area contributed by atoms with Crippen molar-refractivity contribution in [1.82, 2.24) is 10.1 Å². The summed E-state index contributed by atoms with van der Waals surface area (Å²) in [7, 11) is 0. The molecule has 3 aliphatic rings. The second-order valence-corrected chi connectivity index (χ2v) is 7.68. The summed E-state index contributed by atoms with van der Waals surface area (Å²) < 4.78 is 17.0. The van der Waals surface area contributed by atoms with E-state index in [1.54, 1.807) is 4.90 Å². The van der Waals surface area contributed by atoms with Gasteiger partial charge in [-0.2, -0.15) is 0 Å². The van der Waals surface area contributed by atoms with E-state index in [-0.39, 0.29) is 23.7 Å². The van der Waals surface area contributed by atoms with Gasteiger partial charge in [0.1, 0.15) is 11.9 Å². The van der Waals surface area contributed by atoms with E-state index < -0.39 is 0 Å². The number of ether oxygens (including phenoxy) is 2. The van der Waals surface area contributed by atoms with E-state index in [0.717, 1.165) is 38.1 Å². The molecular weight excluding hydrogens is 322 g/mol. The molecule has 1 aromatic heterocycles. The van der Waals surface area contributed by atoms with Crippen molar-refractivity contribution in [2.24, 2.45) is 0 Å². The largest absolute Gasteiger partial charge is 0.375 e. The predicted octanol–water partition coefficient (Wildman–Crippen LogP) is 2.92. The average molecular weight is 349 g/mol. The number of hydrogen-bond donors (Lipinski definition) is 1. The molecule has 25 heavy (non-hydrogen) atoms. The van der Waals surface area contributed by atoms with E-state index in [1.165, 1.54) is 12.8 Å². The van der Waals surface area contributed by atoms with Crippen LogP contribution in [0.25, 0.3) is 0 Å². The van der Waals surface area contributed by atoms with Gasteiger partial charge in [0.2, 0.25) is 0 Å². The Hall–Kier alpha value is -1.60.